The van der Waals surface area contributed by atoms with Crippen LogP contribution in [0, 0.1) is 5.92 Å². The largest absolute Gasteiger partial charge is 0.410 e. The van der Waals surface area contributed by atoms with Crippen LogP contribution in [0.4, 0.5) is 0 Å². The molecule has 1 saturated carbocycles. The van der Waals surface area contributed by atoms with Crippen molar-refractivity contribution in [3.8, 4) is 0 Å². The van der Waals surface area contributed by atoms with E-state index < -0.39 is 8.32 Å². The third kappa shape index (κ3) is 2.30. The van der Waals surface area contributed by atoms with Crippen LogP contribution in [0.5, 0.6) is 0 Å². The van der Waals surface area contributed by atoms with Crippen LogP contribution in [0.25, 0.3) is 0 Å². The number of ether oxygens (including phenoxy) is 1. The molecule has 20 heavy (non-hydrogen) atoms. The molecule has 3 nitrogen and oxygen atoms in total. The van der Waals surface area contributed by atoms with Crippen LogP contribution in [0.3, 0.4) is 0 Å². The maximum absolute atomic E-state index is 10.1. The molecule has 3 aliphatic rings. The summed E-state index contributed by atoms with van der Waals surface area (Å²) >= 11 is 0. The second-order valence-corrected chi connectivity index (χ2v) is 11.4. The molecule has 0 aromatic rings. The lowest BCUT2D eigenvalue weighted by Crippen LogP contribution is -2.41. The van der Waals surface area contributed by atoms with Gasteiger partial charge in [0.2, 0.25) is 0 Å². The molecule has 2 bridgehead atoms. The van der Waals surface area contributed by atoms with Crippen molar-refractivity contribution in [2.24, 2.45) is 5.92 Å². The van der Waals surface area contributed by atoms with E-state index >= 15 is 0 Å². The van der Waals surface area contributed by atoms with Gasteiger partial charge in [-0.3, -0.25) is 0 Å². The number of aliphatic hydroxyl groups excluding tert-OH is 1. The van der Waals surface area contributed by atoms with Crippen molar-refractivity contribution in [3.63, 3.8) is 0 Å². The zero-order valence-corrected chi connectivity index (χ0v) is 14.0. The Hall–Kier alpha value is -0.163. The average molecular weight is 296 g/mol. The molecule has 2 fully saturated rings. The molecule has 5 unspecified atom stereocenters. The smallest absolute Gasteiger partial charge is 0.192 e. The first kappa shape index (κ1) is 14.8. The quantitative estimate of drug-likeness (QED) is 0.625. The van der Waals surface area contributed by atoms with E-state index in [4.69, 9.17) is 9.16 Å². The van der Waals surface area contributed by atoms with E-state index in [1.54, 1.807) is 0 Å². The highest BCUT2D eigenvalue weighted by molar-refractivity contribution is 6.73. The van der Waals surface area contributed by atoms with Gasteiger partial charge in [-0.15, -0.1) is 0 Å². The molecular formula is C16H28O3Si. The standard InChI is InChI=1S/C16H28O3Si/c1-4-20(5-2,6-3)19-15-8-7-12-13(15)9-11-10-14(17)16(12)18-11/h9,11-12,14-17H,4-8,10H2,1-3H3. The monoisotopic (exact) mass is 296 g/mol. The summed E-state index contributed by atoms with van der Waals surface area (Å²) in [5.41, 5.74) is 1.45. The maximum atomic E-state index is 10.1. The van der Waals surface area contributed by atoms with Gasteiger partial charge in [-0.1, -0.05) is 26.8 Å². The molecule has 1 saturated heterocycles. The minimum absolute atomic E-state index is 0.0366. The van der Waals surface area contributed by atoms with Crippen LogP contribution in [0.15, 0.2) is 11.6 Å². The van der Waals surface area contributed by atoms with Crippen molar-refractivity contribution in [1.82, 2.24) is 0 Å². The van der Waals surface area contributed by atoms with Crippen LogP contribution in [0.1, 0.15) is 40.0 Å². The Morgan fingerprint density at radius 1 is 1.25 bits per heavy atom. The molecule has 1 N–H and O–H groups in total. The Morgan fingerprint density at radius 2 is 1.95 bits per heavy atom. The van der Waals surface area contributed by atoms with Gasteiger partial charge in [-0.05, 0) is 36.5 Å². The van der Waals surface area contributed by atoms with Gasteiger partial charge in [0.05, 0.1) is 24.4 Å². The highest BCUT2D eigenvalue weighted by Crippen LogP contribution is 2.47. The zero-order chi connectivity index (χ0) is 14.3. The molecule has 0 aromatic carbocycles. The second kappa shape index (κ2) is 5.56. The molecule has 0 spiro atoms. The number of aliphatic hydroxyl groups is 1. The van der Waals surface area contributed by atoms with Crippen LogP contribution in [-0.4, -0.2) is 37.8 Å². The van der Waals surface area contributed by atoms with Gasteiger partial charge in [0.15, 0.2) is 8.32 Å². The lowest BCUT2D eigenvalue weighted by molar-refractivity contribution is -0.0130. The fourth-order valence-corrected chi connectivity index (χ4v) is 7.18. The van der Waals surface area contributed by atoms with E-state index in [-0.39, 0.29) is 18.3 Å². The lowest BCUT2D eigenvalue weighted by Gasteiger charge is -2.34. The Morgan fingerprint density at radius 3 is 2.60 bits per heavy atom. The van der Waals surface area contributed by atoms with Gasteiger partial charge in [0, 0.05) is 12.3 Å². The maximum Gasteiger partial charge on any atom is 0.192 e. The molecule has 0 amide bonds. The van der Waals surface area contributed by atoms with Crippen molar-refractivity contribution in [2.75, 3.05) is 0 Å². The predicted molar refractivity (Wildman–Crippen MR) is 82.2 cm³/mol. The number of fused-ring (bicyclic) bond motifs is 4. The highest BCUT2D eigenvalue weighted by atomic mass is 28.4. The summed E-state index contributed by atoms with van der Waals surface area (Å²) in [6.07, 6.45) is 5.48. The van der Waals surface area contributed by atoms with E-state index in [1.165, 1.54) is 23.7 Å². The van der Waals surface area contributed by atoms with Crippen molar-refractivity contribution in [3.05, 3.63) is 11.6 Å². The first-order chi connectivity index (χ1) is 9.62. The summed E-state index contributed by atoms with van der Waals surface area (Å²) in [7, 11) is -1.54. The summed E-state index contributed by atoms with van der Waals surface area (Å²) in [5, 5.41) is 10.1. The van der Waals surface area contributed by atoms with Crippen molar-refractivity contribution < 1.29 is 14.3 Å². The first-order valence-electron chi connectivity index (χ1n) is 8.35. The zero-order valence-electron chi connectivity index (χ0n) is 13.0. The fourth-order valence-electron chi connectivity index (χ4n) is 4.32. The summed E-state index contributed by atoms with van der Waals surface area (Å²) in [4.78, 5) is 0. The molecule has 2 heterocycles. The molecule has 114 valence electrons. The molecule has 3 rings (SSSR count). The number of rotatable bonds is 5. The fraction of sp³-hybridized carbons (Fsp3) is 0.875. The van der Waals surface area contributed by atoms with Crippen LogP contribution >= 0.6 is 0 Å². The predicted octanol–water partition coefficient (Wildman–Crippen LogP) is 3.25. The topological polar surface area (TPSA) is 38.7 Å². The summed E-state index contributed by atoms with van der Waals surface area (Å²) < 4.78 is 12.6. The van der Waals surface area contributed by atoms with Crippen LogP contribution < -0.4 is 0 Å². The Kier molecular flexibility index (Phi) is 4.10. The van der Waals surface area contributed by atoms with E-state index in [1.807, 2.05) is 0 Å². The average Bonchev–Trinajstić information content (AvgIpc) is 2.99. The Bertz CT molecular complexity index is 383. The summed E-state index contributed by atoms with van der Waals surface area (Å²) in [5.74, 6) is 0.408. The minimum atomic E-state index is -1.54. The Labute approximate surface area is 123 Å². The molecule has 1 aliphatic carbocycles. The van der Waals surface area contributed by atoms with Gasteiger partial charge in [0.1, 0.15) is 0 Å². The van der Waals surface area contributed by atoms with E-state index in [9.17, 15) is 5.11 Å². The third-order valence-electron chi connectivity index (χ3n) is 5.82. The van der Waals surface area contributed by atoms with Crippen LogP contribution in [-0.2, 0) is 9.16 Å². The van der Waals surface area contributed by atoms with Crippen molar-refractivity contribution >= 4 is 8.32 Å². The summed E-state index contributed by atoms with van der Waals surface area (Å²) in [6, 6.07) is 3.63. The first-order valence-corrected chi connectivity index (χ1v) is 10.9. The SMILES string of the molecule is CC[Si](CC)(CC)OC1CCC2C1=CC1CC(O)C2O1. The van der Waals surface area contributed by atoms with E-state index in [0.717, 1.165) is 19.3 Å². The molecule has 2 aliphatic heterocycles. The number of hydrogen-bond acceptors (Lipinski definition) is 3. The second-order valence-electron chi connectivity index (χ2n) is 6.64. The van der Waals surface area contributed by atoms with Gasteiger partial charge in [0.25, 0.3) is 0 Å². The van der Waals surface area contributed by atoms with E-state index in [0.29, 0.717) is 12.0 Å². The molecule has 0 radical (unpaired) electrons. The normalized spacial score (nSPS) is 39.8. The van der Waals surface area contributed by atoms with E-state index in [2.05, 4.69) is 26.8 Å². The molecule has 5 atom stereocenters. The Balaban J connectivity index is 1.77. The highest BCUT2D eigenvalue weighted by Gasteiger charge is 2.49. The van der Waals surface area contributed by atoms with Crippen LogP contribution in [0.2, 0.25) is 18.1 Å². The van der Waals surface area contributed by atoms with Gasteiger partial charge < -0.3 is 14.3 Å². The van der Waals surface area contributed by atoms with Crippen molar-refractivity contribution in [2.45, 2.75) is 82.6 Å². The third-order valence-corrected chi connectivity index (χ3v) is 10.5. The van der Waals surface area contributed by atoms with Gasteiger partial charge >= 0.3 is 0 Å². The summed E-state index contributed by atoms with van der Waals surface area (Å²) in [6.45, 7) is 6.87. The minimum Gasteiger partial charge on any atom is -0.410 e. The molecule has 0 aromatic heterocycles. The van der Waals surface area contributed by atoms with Gasteiger partial charge in [-0.2, -0.15) is 0 Å². The molecular weight excluding hydrogens is 268 g/mol. The lowest BCUT2D eigenvalue weighted by atomic mass is 9.93. The van der Waals surface area contributed by atoms with Gasteiger partial charge in [-0.25, -0.2) is 0 Å². The molecule has 4 heteroatoms. The van der Waals surface area contributed by atoms with Crippen molar-refractivity contribution in [1.29, 1.82) is 0 Å². The number of hydrogen-bond donors (Lipinski definition) is 1.